The maximum absolute atomic E-state index is 12.8. The molecule has 1 amide bonds. The van der Waals surface area contributed by atoms with E-state index in [0.29, 0.717) is 17.1 Å². The van der Waals surface area contributed by atoms with Crippen LogP contribution < -0.4 is 5.32 Å². The number of anilines is 1. The van der Waals surface area contributed by atoms with Crippen LogP contribution in [0.25, 0.3) is 11.1 Å². The van der Waals surface area contributed by atoms with Gasteiger partial charge in [-0.2, -0.15) is 0 Å². The van der Waals surface area contributed by atoms with Crippen LogP contribution in [0, 0.1) is 13.8 Å². The van der Waals surface area contributed by atoms with Crippen LogP contribution in [-0.4, -0.2) is 61.5 Å². The second-order valence-corrected chi connectivity index (χ2v) is 9.68. The van der Waals surface area contributed by atoms with Gasteiger partial charge in [-0.25, -0.2) is 4.79 Å². The highest BCUT2D eigenvalue weighted by Crippen LogP contribution is 2.36. The van der Waals surface area contributed by atoms with Gasteiger partial charge < -0.3 is 10.1 Å². The Morgan fingerprint density at radius 2 is 1.50 bits per heavy atom. The number of rotatable bonds is 7. The minimum atomic E-state index is -0.447. The standard InChI is InChI=1S/C27H31N3O3S/c1-19-4-8-21(9-5-19)16-29-12-14-30(15-13-29)17-24(31)28-26-25(27(32)33-3)23(18-34-26)22-10-6-20(2)7-11-22/h4-11,18H,12-17H2,1-3H3,(H,28,31). The minimum Gasteiger partial charge on any atom is -0.465 e. The summed E-state index contributed by atoms with van der Waals surface area (Å²) >= 11 is 1.35. The highest BCUT2D eigenvalue weighted by atomic mass is 32.1. The quantitative estimate of drug-likeness (QED) is 0.505. The Morgan fingerprint density at radius 1 is 0.912 bits per heavy atom. The maximum atomic E-state index is 12.8. The number of hydrogen-bond donors (Lipinski definition) is 1. The van der Waals surface area contributed by atoms with E-state index in [4.69, 9.17) is 4.74 Å². The lowest BCUT2D eigenvalue weighted by atomic mass is 10.0. The summed E-state index contributed by atoms with van der Waals surface area (Å²) in [6, 6.07) is 16.6. The lowest BCUT2D eigenvalue weighted by molar-refractivity contribution is -0.117. The third-order valence-corrected chi connectivity index (χ3v) is 7.05. The van der Waals surface area contributed by atoms with Crippen LogP contribution in [0.5, 0.6) is 0 Å². The average molecular weight is 478 g/mol. The van der Waals surface area contributed by atoms with E-state index in [1.165, 1.54) is 29.6 Å². The smallest absolute Gasteiger partial charge is 0.341 e. The molecule has 0 radical (unpaired) electrons. The molecule has 34 heavy (non-hydrogen) atoms. The van der Waals surface area contributed by atoms with Crippen molar-refractivity contribution in [3.8, 4) is 11.1 Å². The number of thiophene rings is 1. The van der Waals surface area contributed by atoms with E-state index >= 15 is 0 Å². The molecule has 2 heterocycles. The number of hydrogen-bond acceptors (Lipinski definition) is 6. The Balaban J connectivity index is 1.35. The van der Waals surface area contributed by atoms with Crippen LogP contribution in [-0.2, 0) is 16.1 Å². The molecule has 6 nitrogen and oxygen atoms in total. The van der Waals surface area contributed by atoms with E-state index in [0.717, 1.165) is 49.4 Å². The Kier molecular flexibility index (Phi) is 7.77. The van der Waals surface area contributed by atoms with Crippen molar-refractivity contribution >= 4 is 28.2 Å². The molecule has 1 aliphatic heterocycles. The molecular formula is C27H31N3O3S. The molecule has 1 aliphatic rings. The van der Waals surface area contributed by atoms with Crippen molar-refractivity contribution in [2.24, 2.45) is 0 Å². The third kappa shape index (κ3) is 5.91. The van der Waals surface area contributed by atoms with Crippen molar-refractivity contribution in [2.75, 3.05) is 45.2 Å². The molecule has 0 unspecified atom stereocenters. The van der Waals surface area contributed by atoms with Gasteiger partial charge in [-0.1, -0.05) is 59.7 Å². The number of esters is 1. The summed E-state index contributed by atoms with van der Waals surface area (Å²) in [5, 5.41) is 5.39. The number of benzene rings is 2. The average Bonchev–Trinajstić information content (AvgIpc) is 3.25. The molecule has 1 saturated heterocycles. The highest BCUT2D eigenvalue weighted by Gasteiger charge is 2.24. The van der Waals surface area contributed by atoms with E-state index < -0.39 is 5.97 Å². The molecule has 4 rings (SSSR count). The molecule has 1 N–H and O–H groups in total. The molecular weight excluding hydrogens is 446 g/mol. The molecule has 0 bridgehead atoms. The zero-order chi connectivity index (χ0) is 24.1. The number of methoxy groups -OCH3 is 1. The first-order valence-electron chi connectivity index (χ1n) is 11.5. The van der Waals surface area contributed by atoms with Crippen LogP contribution in [0.2, 0.25) is 0 Å². The fourth-order valence-corrected chi connectivity index (χ4v) is 5.10. The van der Waals surface area contributed by atoms with Gasteiger partial charge in [0.1, 0.15) is 10.6 Å². The molecule has 0 aliphatic carbocycles. The lowest BCUT2D eigenvalue weighted by Gasteiger charge is -2.34. The van der Waals surface area contributed by atoms with Crippen LogP contribution in [0.3, 0.4) is 0 Å². The number of piperazine rings is 1. The van der Waals surface area contributed by atoms with E-state index in [2.05, 4.69) is 46.3 Å². The van der Waals surface area contributed by atoms with Gasteiger partial charge in [0, 0.05) is 43.7 Å². The minimum absolute atomic E-state index is 0.116. The Morgan fingerprint density at radius 3 is 2.12 bits per heavy atom. The summed E-state index contributed by atoms with van der Waals surface area (Å²) in [5.41, 5.74) is 5.84. The first-order valence-corrected chi connectivity index (χ1v) is 12.4. The Hall–Kier alpha value is -3.00. The van der Waals surface area contributed by atoms with Gasteiger partial charge in [0.25, 0.3) is 0 Å². The van der Waals surface area contributed by atoms with Crippen molar-refractivity contribution in [3.05, 3.63) is 76.2 Å². The highest BCUT2D eigenvalue weighted by molar-refractivity contribution is 7.15. The second kappa shape index (κ2) is 11.0. The number of carbonyl (C=O) groups excluding carboxylic acids is 2. The molecule has 3 aromatic rings. The molecule has 0 atom stereocenters. The molecule has 1 aromatic heterocycles. The predicted octanol–water partition coefficient (Wildman–Crippen LogP) is 4.57. The zero-order valence-electron chi connectivity index (χ0n) is 20.0. The normalized spacial score (nSPS) is 14.7. The molecule has 0 spiro atoms. The van der Waals surface area contributed by atoms with Crippen LogP contribution >= 0.6 is 11.3 Å². The first-order chi connectivity index (χ1) is 16.4. The Labute approximate surface area is 205 Å². The number of amides is 1. The van der Waals surface area contributed by atoms with Crippen LogP contribution in [0.15, 0.2) is 53.9 Å². The molecule has 0 saturated carbocycles. The fraction of sp³-hybridized carbons (Fsp3) is 0.333. The van der Waals surface area contributed by atoms with Gasteiger partial charge in [0.05, 0.1) is 13.7 Å². The summed E-state index contributed by atoms with van der Waals surface area (Å²) in [6.45, 7) is 8.87. The third-order valence-electron chi connectivity index (χ3n) is 6.15. The fourth-order valence-electron chi connectivity index (χ4n) is 4.13. The van der Waals surface area contributed by atoms with Crippen molar-refractivity contribution in [1.82, 2.24) is 9.80 Å². The zero-order valence-corrected chi connectivity index (χ0v) is 20.8. The number of nitrogens with one attached hydrogen (secondary N) is 1. The SMILES string of the molecule is COC(=O)c1c(-c2ccc(C)cc2)csc1NC(=O)CN1CCN(Cc2ccc(C)cc2)CC1. The van der Waals surface area contributed by atoms with Gasteiger partial charge in [-0.15, -0.1) is 11.3 Å². The van der Waals surface area contributed by atoms with Crippen molar-refractivity contribution in [3.63, 3.8) is 0 Å². The maximum Gasteiger partial charge on any atom is 0.341 e. The van der Waals surface area contributed by atoms with Gasteiger partial charge in [0.15, 0.2) is 0 Å². The van der Waals surface area contributed by atoms with Crippen molar-refractivity contribution in [2.45, 2.75) is 20.4 Å². The Bertz CT molecular complexity index is 1130. The van der Waals surface area contributed by atoms with E-state index in [9.17, 15) is 9.59 Å². The molecule has 2 aromatic carbocycles. The topological polar surface area (TPSA) is 61.9 Å². The van der Waals surface area contributed by atoms with E-state index in [-0.39, 0.29) is 5.91 Å². The van der Waals surface area contributed by atoms with Gasteiger partial charge in [-0.05, 0) is 25.0 Å². The van der Waals surface area contributed by atoms with Crippen LogP contribution in [0.4, 0.5) is 5.00 Å². The number of ether oxygens (including phenoxy) is 1. The van der Waals surface area contributed by atoms with Crippen molar-refractivity contribution < 1.29 is 14.3 Å². The van der Waals surface area contributed by atoms with E-state index in [1.807, 2.05) is 36.6 Å². The van der Waals surface area contributed by atoms with Gasteiger partial charge in [-0.3, -0.25) is 14.6 Å². The van der Waals surface area contributed by atoms with E-state index in [1.54, 1.807) is 0 Å². The monoisotopic (exact) mass is 477 g/mol. The second-order valence-electron chi connectivity index (χ2n) is 8.80. The molecule has 7 heteroatoms. The summed E-state index contributed by atoms with van der Waals surface area (Å²) in [4.78, 5) is 30.0. The summed E-state index contributed by atoms with van der Waals surface area (Å²) in [7, 11) is 1.36. The summed E-state index contributed by atoms with van der Waals surface area (Å²) in [5.74, 6) is -0.564. The largest absolute Gasteiger partial charge is 0.465 e. The van der Waals surface area contributed by atoms with Crippen molar-refractivity contribution in [1.29, 1.82) is 0 Å². The predicted molar refractivity (Wildman–Crippen MR) is 137 cm³/mol. The van der Waals surface area contributed by atoms with Gasteiger partial charge in [0.2, 0.25) is 5.91 Å². The lowest BCUT2D eigenvalue weighted by Crippen LogP contribution is -2.48. The molecule has 178 valence electrons. The summed E-state index contributed by atoms with van der Waals surface area (Å²) in [6.07, 6.45) is 0. The number of nitrogens with zero attached hydrogens (tertiary/aromatic N) is 2. The number of aryl methyl sites for hydroxylation is 2. The molecule has 1 fully saturated rings. The first kappa shape index (κ1) is 24.1. The van der Waals surface area contributed by atoms with Gasteiger partial charge >= 0.3 is 5.97 Å². The van der Waals surface area contributed by atoms with Crippen LogP contribution in [0.1, 0.15) is 27.0 Å². The number of carbonyl (C=O) groups is 2. The summed E-state index contributed by atoms with van der Waals surface area (Å²) < 4.78 is 5.02.